The second-order valence-corrected chi connectivity index (χ2v) is 6.72. The van der Waals surface area contributed by atoms with Crippen molar-refractivity contribution in [3.63, 3.8) is 0 Å². The fourth-order valence-electron chi connectivity index (χ4n) is 3.87. The van der Waals surface area contributed by atoms with E-state index < -0.39 is 0 Å². The number of aliphatic hydroxyl groups excluding tert-OH is 1. The van der Waals surface area contributed by atoms with Crippen LogP contribution in [0.15, 0.2) is 18.2 Å². The molecule has 0 amide bonds. The van der Waals surface area contributed by atoms with Crippen LogP contribution in [0.1, 0.15) is 61.4 Å². The molecule has 1 N–H and O–H groups in total. The van der Waals surface area contributed by atoms with Gasteiger partial charge in [-0.15, -0.1) is 0 Å². The molecule has 1 aromatic rings. The summed E-state index contributed by atoms with van der Waals surface area (Å²) in [5, 5.41) is 9.59. The van der Waals surface area contributed by atoms with Crippen molar-refractivity contribution in [2.45, 2.75) is 64.1 Å². The van der Waals surface area contributed by atoms with Crippen molar-refractivity contribution in [2.75, 3.05) is 0 Å². The first-order valence-electron chi connectivity index (χ1n) is 8.04. The van der Waals surface area contributed by atoms with Gasteiger partial charge in [0.15, 0.2) is 5.78 Å². The molecule has 2 atom stereocenters. The summed E-state index contributed by atoms with van der Waals surface area (Å²) in [5.74, 6) is 0.854. The number of aryl methyl sites for hydroxylation is 1. The molecule has 3 rings (SSSR count). The molecular formula is C18H24O3. The lowest BCUT2D eigenvalue weighted by atomic mass is 9.75. The average molecular weight is 288 g/mol. The topological polar surface area (TPSA) is 46.5 Å². The number of hydrogen-bond acceptors (Lipinski definition) is 3. The number of Topliss-reactive ketones (excluding diaryl/α,β-unsaturated/α-hetero) is 1. The molecule has 1 aliphatic carbocycles. The summed E-state index contributed by atoms with van der Waals surface area (Å²) in [6.07, 6.45) is 5.16. The summed E-state index contributed by atoms with van der Waals surface area (Å²) in [6, 6.07) is 5.88. The number of rotatable bonds is 3. The molecule has 0 aromatic heterocycles. The van der Waals surface area contributed by atoms with Crippen molar-refractivity contribution in [3.8, 4) is 5.75 Å². The molecule has 21 heavy (non-hydrogen) atoms. The van der Waals surface area contributed by atoms with Crippen molar-refractivity contribution in [1.82, 2.24) is 0 Å². The summed E-state index contributed by atoms with van der Waals surface area (Å²) in [4.78, 5) is 13.0. The third kappa shape index (κ3) is 2.59. The molecule has 114 valence electrons. The summed E-state index contributed by atoms with van der Waals surface area (Å²) < 4.78 is 6.35. The minimum atomic E-state index is -0.366. The Kier molecular flexibility index (Phi) is 3.78. The van der Waals surface area contributed by atoms with Gasteiger partial charge in [-0.25, -0.2) is 0 Å². The van der Waals surface area contributed by atoms with Crippen LogP contribution in [-0.2, 0) is 0 Å². The van der Waals surface area contributed by atoms with Gasteiger partial charge in [-0.2, -0.15) is 0 Å². The van der Waals surface area contributed by atoms with Gasteiger partial charge in [0, 0.05) is 0 Å². The van der Waals surface area contributed by atoms with Gasteiger partial charge in [-0.3, -0.25) is 4.79 Å². The minimum Gasteiger partial charge on any atom is -0.486 e. The van der Waals surface area contributed by atoms with Crippen LogP contribution in [0.2, 0.25) is 0 Å². The molecule has 1 saturated carbocycles. The van der Waals surface area contributed by atoms with Crippen molar-refractivity contribution in [3.05, 3.63) is 29.3 Å². The van der Waals surface area contributed by atoms with Crippen LogP contribution in [0.25, 0.3) is 0 Å². The van der Waals surface area contributed by atoms with Crippen molar-refractivity contribution in [1.29, 1.82) is 0 Å². The maximum atomic E-state index is 13.0. The van der Waals surface area contributed by atoms with E-state index in [1.165, 1.54) is 0 Å². The Labute approximate surface area is 126 Å². The smallest absolute Gasteiger partial charge is 0.173 e. The zero-order chi connectivity index (χ0) is 15.0. The van der Waals surface area contributed by atoms with E-state index in [1.807, 2.05) is 25.1 Å². The standard InChI is InChI=1S/C18H24O3/c1-12-5-8-16-14(11-12)17(20)15(7-6-13(2)19)18(21-16)9-3-4-10-18/h5,8,11,13,15,19H,3-4,6-7,9-10H2,1-2H3. The molecule has 0 saturated heterocycles. The number of carbonyl (C=O) groups excluding carboxylic acids is 1. The SMILES string of the molecule is Cc1ccc2c(c1)C(=O)C(CCC(C)O)C1(CCCC1)O2. The monoisotopic (exact) mass is 288 g/mol. The van der Waals surface area contributed by atoms with E-state index in [0.29, 0.717) is 12.8 Å². The quantitative estimate of drug-likeness (QED) is 0.923. The summed E-state index contributed by atoms with van der Waals surface area (Å²) in [5.41, 5.74) is 1.49. The Morgan fingerprint density at radius 3 is 2.76 bits per heavy atom. The first-order chi connectivity index (χ1) is 10.0. The van der Waals surface area contributed by atoms with Crippen LogP contribution in [0.3, 0.4) is 0 Å². The van der Waals surface area contributed by atoms with Gasteiger partial charge >= 0.3 is 0 Å². The van der Waals surface area contributed by atoms with E-state index in [-0.39, 0.29) is 23.4 Å². The molecule has 3 nitrogen and oxygen atoms in total. The molecule has 1 heterocycles. The Balaban J connectivity index is 1.97. The summed E-state index contributed by atoms with van der Waals surface area (Å²) in [6.45, 7) is 3.78. The molecule has 0 bridgehead atoms. The van der Waals surface area contributed by atoms with Crippen LogP contribution >= 0.6 is 0 Å². The van der Waals surface area contributed by atoms with Crippen LogP contribution in [0, 0.1) is 12.8 Å². The maximum Gasteiger partial charge on any atom is 0.173 e. The zero-order valence-electron chi connectivity index (χ0n) is 12.9. The molecule has 0 radical (unpaired) electrons. The van der Waals surface area contributed by atoms with Crippen molar-refractivity contribution in [2.24, 2.45) is 5.92 Å². The third-order valence-electron chi connectivity index (χ3n) is 4.99. The Morgan fingerprint density at radius 1 is 1.38 bits per heavy atom. The fourth-order valence-corrected chi connectivity index (χ4v) is 3.87. The predicted molar refractivity (Wildman–Crippen MR) is 81.7 cm³/mol. The highest BCUT2D eigenvalue weighted by molar-refractivity contribution is 6.02. The summed E-state index contributed by atoms with van der Waals surface area (Å²) in [7, 11) is 0. The van der Waals surface area contributed by atoms with Crippen molar-refractivity contribution < 1.29 is 14.6 Å². The minimum absolute atomic E-state index is 0.108. The van der Waals surface area contributed by atoms with E-state index in [1.54, 1.807) is 6.92 Å². The maximum absolute atomic E-state index is 13.0. The number of aliphatic hydroxyl groups is 1. The first kappa shape index (κ1) is 14.6. The van der Waals surface area contributed by atoms with E-state index in [9.17, 15) is 9.90 Å². The number of hydrogen-bond donors (Lipinski definition) is 1. The van der Waals surface area contributed by atoms with Gasteiger partial charge < -0.3 is 9.84 Å². The van der Waals surface area contributed by atoms with Gasteiger partial charge in [-0.1, -0.05) is 11.6 Å². The van der Waals surface area contributed by atoms with Gasteiger partial charge in [0.05, 0.1) is 17.6 Å². The summed E-state index contributed by atoms with van der Waals surface area (Å²) >= 11 is 0. The molecule has 1 aromatic carbocycles. The van der Waals surface area contributed by atoms with Gasteiger partial charge in [0.1, 0.15) is 11.4 Å². The number of ether oxygens (including phenoxy) is 1. The highest BCUT2D eigenvalue weighted by Gasteiger charge is 2.50. The largest absolute Gasteiger partial charge is 0.486 e. The number of ketones is 1. The number of fused-ring (bicyclic) bond motifs is 1. The van der Waals surface area contributed by atoms with Crippen LogP contribution in [0.4, 0.5) is 0 Å². The predicted octanol–water partition coefficient (Wildman–Crippen LogP) is 3.66. The molecule has 2 aliphatic rings. The number of benzene rings is 1. The molecule has 1 spiro atoms. The molecule has 2 unspecified atom stereocenters. The van der Waals surface area contributed by atoms with E-state index in [4.69, 9.17) is 4.74 Å². The second kappa shape index (κ2) is 5.45. The van der Waals surface area contributed by atoms with E-state index in [0.717, 1.165) is 42.6 Å². The molecule has 1 aliphatic heterocycles. The van der Waals surface area contributed by atoms with Gasteiger partial charge in [-0.05, 0) is 64.5 Å². The van der Waals surface area contributed by atoms with E-state index >= 15 is 0 Å². The second-order valence-electron chi connectivity index (χ2n) is 6.72. The molecular weight excluding hydrogens is 264 g/mol. The van der Waals surface area contributed by atoms with Gasteiger partial charge in [0.25, 0.3) is 0 Å². The van der Waals surface area contributed by atoms with Crippen LogP contribution in [-0.4, -0.2) is 22.6 Å². The molecule has 1 fully saturated rings. The Hall–Kier alpha value is -1.35. The molecule has 3 heteroatoms. The van der Waals surface area contributed by atoms with Crippen LogP contribution < -0.4 is 4.74 Å². The Morgan fingerprint density at radius 2 is 2.10 bits per heavy atom. The normalized spacial score (nSPS) is 24.7. The number of carbonyl (C=O) groups is 1. The van der Waals surface area contributed by atoms with E-state index in [2.05, 4.69) is 0 Å². The fraction of sp³-hybridized carbons (Fsp3) is 0.611. The zero-order valence-corrected chi connectivity index (χ0v) is 12.9. The first-order valence-corrected chi connectivity index (χ1v) is 8.04. The van der Waals surface area contributed by atoms with Crippen molar-refractivity contribution >= 4 is 5.78 Å². The Bertz CT molecular complexity index is 541. The highest BCUT2D eigenvalue weighted by Crippen LogP contribution is 2.48. The van der Waals surface area contributed by atoms with Gasteiger partial charge in [0.2, 0.25) is 0 Å². The highest BCUT2D eigenvalue weighted by atomic mass is 16.5. The van der Waals surface area contributed by atoms with Crippen LogP contribution in [0.5, 0.6) is 5.75 Å². The average Bonchev–Trinajstić information content (AvgIpc) is 2.88. The lowest BCUT2D eigenvalue weighted by Crippen LogP contribution is -2.48. The third-order valence-corrected chi connectivity index (χ3v) is 4.99. The lowest BCUT2D eigenvalue weighted by Gasteiger charge is -2.42. The lowest BCUT2D eigenvalue weighted by molar-refractivity contribution is -0.00116.